The van der Waals surface area contributed by atoms with Crippen LogP contribution in [0.15, 0.2) is 46.8 Å². The summed E-state index contributed by atoms with van der Waals surface area (Å²) in [5.74, 6) is -0.539. The molecule has 0 aliphatic heterocycles. The van der Waals surface area contributed by atoms with E-state index >= 15 is 0 Å². The predicted molar refractivity (Wildman–Crippen MR) is 71.2 cm³/mol. The Labute approximate surface area is 108 Å². The van der Waals surface area contributed by atoms with Crippen LogP contribution in [-0.2, 0) is 4.79 Å². The van der Waals surface area contributed by atoms with Crippen LogP contribution in [0.2, 0.25) is 5.02 Å². The summed E-state index contributed by atoms with van der Waals surface area (Å²) in [5.41, 5.74) is 6.23. The lowest BCUT2D eigenvalue weighted by Gasteiger charge is -2.00. The summed E-state index contributed by atoms with van der Waals surface area (Å²) in [6, 6.07) is 10.6. The first kappa shape index (κ1) is 11.8. The van der Waals surface area contributed by atoms with Gasteiger partial charge in [0.05, 0.1) is 10.6 Å². The lowest BCUT2D eigenvalue weighted by atomic mass is 10.2. The maximum atomic E-state index is 11.3. The molecule has 86 valence electrons. The van der Waals surface area contributed by atoms with Crippen molar-refractivity contribution >= 4 is 40.2 Å². The fraction of sp³-hybridized carbons (Fsp3) is 0. The van der Waals surface area contributed by atoms with Crippen LogP contribution in [0, 0.1) is 0 Å². The molecule has 0 bridgehead atoms. The van der Waals surface area contributed by atoms with Crippen molar-refractivity contribution in [2.45, 2.75) is 0 Å². The van der Waals surface area contributed by atoms with Crippen molar-refractivity contribution in [2.24, 2.45) is 10.7 Å². The molecule has 1 amide bonds. The van der Waals surface area contributed by atoms with E-state index < -0.39 is 5.91 Å². The lowest BCUT2D eigenvalue weighted by molar-refractivity contribution is -0.111. The van der Waals surface area contributed by atoms with Crippen LogP contribution < -0.4 is 5.73 Å². The van der Waals surface area contributed by atoms with Crippen LogP contribution in [0.25, 0.3) is 0 Å². The van der Waals surface area contributed by atoms with Crippen molar-refractivity contribution in [1.82, 2.24) is 0 Å². The van der Waals surface area contributed by atoms with Gasteiger partial charge in [-0.1, -0.05) is 17.7 Å². The molecule has 5 heteroatoms. The minimum atomic E-state index is -0.539. The Morgan fingerprint density at radius 2 is 1.94 bits per heavy atom. The third-order valence-electron chi connectivity index (χ3n) is 2.06. The molecule has 0 saturated heterocycles. The zero-order chi connectivity index (χ0) is 12.3. The van der Waals surface area contributed by atoms with Gasteiger partial charge in [0.15, 0.2) is 0 Å². The summed E-state index contributed by atoms with van der Waals surface area (Å²) in [6.45, 7) is 0. The molecule has 0 aliphatic carbocycles. The molecule has 0 saturated carbocycles. The van der Waals surface area contributed by atoms with Gasteiger partial charge in [-0.05, 0) is 35.7 Å². The zero-order valence-electron chi connectivity index (χ0n) is 8.76. The number of aliphatic imine (C=N–C) groups is 1. The third kappa shape index (κ3) is 2.93. The predicted octanol–water partition coefficient (Wildman–Crippen LogP) is 3.01. The fourth-order valence-electron chi connectivity index (χ4n) is 1.29. The molecule has 3 nitrogen and oxygen atoms in total. The molecular formula is C12H9ClN2OS. The molecule has 2 rings (SSSR count). The number of nitrogens with two attached hydrogens (primary N) is 1. The Bertz CT molecular complexity index is 546. The maximum Gasteiger partial charge on any atom is 0.268 e. The highest BCUT2D eigenvalue weighted by atomic mass is 35.5. The van der Waals surface area contributed by atoms with Crippen LogP contribution in [0.1, 0.15) is 4.88 Å². The molecule has 2 aromatic rings. The summed E-state index contributed by atoms with van der Waals surface area (Å²) in [7, 11) is 0. The highest BCUT2D eigenvalue weighted by Crippen LogP contribution is 2.19. The van der Waals surface area contributed by atoms with Gasteiger partial charge in [0.1, 0.15) is 5.71 Å². The minimum absolute atomic E-state index is 0.266. The Hall–Kier alpha value is -1.65. The first-order valence-electron chi connectivity index (χ1n) is 4.85. The van der Waals surface area contributed by atoms with E-state index in [1.807, 2.05) is 17.5 Å². The van der Waals surface area contributed by atoms with E-state index in [0.717, 1.165) is 4.88 Å². The highest BCUT2D eigenvalue weighted by molar-refractivity contribution is 7.13. The first-order valence-corrected chi connectivity index (χ1v) is 6.10. The molecule has 1 aromatic carbocycles. The lowest BCUT2D eigenvalue weighted by Crippen LogP contribution is -2.23. The number of carbonyl (C=O) groups excluding carboxylic acids is 1. The second-order valence-electron chi connectivity index (χ2n) is 3.28. The largest absolute Gasteiger partial charge is 0.364 e. The van der Waals surface area contributed by atoms with Gasteiger partial charge >= 0.3 is 0 Å². The van der Waals surface area contributed by atoms with Crippen molar-refractivity contribution in [3.8, 4) is 0 Å². The van der Waals surface area contributed by atoms with Gasteiger partial charge in [-0.15, -0.1) is 11.3 Å². The number of benzene rings is 1. The topological polar surface area (TPSA) is 55.5 Å². The number of thiophene rings is 1. The number of hydrogen-bond acceptors (Lipinski definition) is 3. The second-order valence-corrected chi connectivity index (χ2v) is 4.66. The van der Waals surface area contributed by atoms with Crippen molar-refractivity contribution < 1.29 is 4.79 Å². The molecule has 0 aliphatic rings. The Morgan fingerprint density at radius 1 is 1.24 bits per heavy atom. The average Bonchev–Trinajstić information content (AvgIpc) is 2.81. The third-order valence-corrected chi connectivity index (χ3v) is 3.18. The summed E-state index contributed by atoms with van der Waals surface area (Å²) in [6.07, 6.45) is 0. The Morgan fingerprint density at radius 3 is 2.47 bits per heavy atom. The van der Waals surface area contributed by atoms with E-state index in [4.69, 9.17) is 17.3 Å². The average molecular weight is 265 g/mol. The van der Waals surface area contributed by atoms with Crippen molar-refractivity contribution in [1.29, 1.82) is 0 Å². The van der Waals surface area contributed by atoms with Gasteiger partial charge in [-0.25, -0.2) is 4.99 Å². The van der Waals surface area contributed by atoms with E-state index in [2.05, 4.69) is 4.99 Å². The molecule has 0 unspecified atom stereocenters. The van der Waals surface area contributed by atoms with Crippen molar-refractivity contribution in [2.75, 3.05) is 0 Å². The number of nitrogens with zero attached hydrogens (tertiary/aromatic N) is 1. The quantitative estimate of drug-likeness (QED) is 0.852. The Kier molecular flexibility index (Phi) is 3.56. The monoisotopic (exact) mass is 264 g/mol. The van der Waals surface area contributed by atoms with E-state index in [0.29, 0.717) is 10.7 Å². The van der Waals surface area contributed by atoms with Crippen molar-refractivity contribution in [3.63, 3.8) is 0 Å². The first-order chi connectivity index (χ1) is 8.16. The van der Waals surface area contributed by atoms with Gasteiger partial charge in [-0.3, -0.25) is 4.79 Å². The number of rotatable bonds is 3. The molecule has 17 heavy (non-hydrogen) atoms. The second kappa shape index (κ2) is 5.12. The fourth-order valence-corrected chi connectivity index (χ4v) is 2.13. The normalized spacial score (nSPS) is 11.5. The highest BCUT2D eigenvalue weighted by Gasteiger charge is 2.11. The zero-order valence-corrected chi connectivity index (χ0v) is 10.3. The number of hydrogen-bond donors (Lipinski definition) is 1. The summed E-state index contributed by atoms with van der Waals surface area (Å²) >= 11 is 7.20. The van der Waals surface area contributed by atoms with Gasteiger partial charge in [0.2, 0.25) is 0 Å². The molecule has 0 spiro atoms. The summed E-state index contributed by atoms with van der Waals surface area (Å²) < 4.78 is 0. The number of primary amides is 1. The van der Waals surface area contributed by atoms with Gasteiger partial charge in [0.25, 0.3) is 5.91 Å². The van der Waals surface area contributed by atoms with Gasteiger partial charge < -0.3 is 5.73 Å². The van der Waals surface area contributed by atoms with Crippen LogP contribution in [-0.4, -0.2) is 11.6 Å². The molecule has 1 aromatic heterocycles. The maximum absolute atomic E-state index is 11.3. The van der Waals surface area contributed by atoms with Crippen LogP contribution in [0.4, 0.5) is 5.69 Å². The van der Waals surface area contributed by atoms with E-state index in [9.17, 15) is 4.79 Å². The van der Waals surface area contributed by atoms with E-state index in [1.165, 1.54) is 11.3 Å². The number of amides is 1. The molecule has 0 atom stereocenters. The van der Waals surface area contributed by atoms with Crippen LogP contribution in [0.5, 0.6) is 0 Å². The molecule has 0 radical (unpaired) electrons. The van der Waals surface area contributed by atoms with Crippen molar-refractivity contribution in [3.05, 3.63) is 51.7 Å². The van der Waals surface area contributed by atoms with Crippen LogP contribution in [0.3, 0.4) is 0 Å². The molecule has 0 fully saturated rings. The number of carbonyl (C=O) groups is 1. The van der Waals surface area contributed by atoms with E-state index in [-0.39, 0.29) is 5.71 Å². The summed E-state index contributed by atoms with van der Waals surface area (Å²) in [4.78, 5) is 16.3. The Balaban J connectivity index is 2.40. The van der Waals surface area contributed by atoms with Gasteiger partial charge in [-0.2, -0.15) is 0 Å². The minimum Gasteiger partial charge on any atom is -0.364 e. The SMILES string of the molecule is NC(=O)/C(=N/c1ccc(Cl)cc1)c1cccs1. The molecule has 1 heterocycles. The van der Waals surface area contributed by atoms with E-state index in [1.54, 1.807) is 24.3 Å². The molecule has 2 N–H and O–H groups in total. The van der Waals surface area contributed by atoms with Crippen LogP contribution >= 0.6 is 22.9 Å². The smallest absolute Gasteiger partial charge is 0.268 e. The molecular weight excluding hydrogens is 256 g/mol. The summed E-state index contributed by atoms with van der Waals surface area (Å²) in [5, 5.41) is 2.50. The van der Waals surface area contributed by atoms with Gasteiger partial charge in [0, 0.05) is 5.02 Å². The standard InChI is InChI=1S/C12H9ClN2OS/c13-8-3-5-9(6-4-8)15-11(12(14)16)10-2-1-7-17-10/h1-7H,(H2,14,16)/b15-11+. The number of halogens is 1.